The van der Waals surface area contributed by atoms with Crippen LogP contribution in [0.3, 0.4) is 0 Å². The number of phenolic OH excluding ortho intramolecular Hbond substituents is 1. The van der Waals surface area contributed by atoms with Gasteiger partial charge in [0.25, 0.3) is 0 Å². The van der Waals surface area contributed by atoms with Crippen molar-refractivity contribution in [2.45, 2.75) is 13.3 Å². The summed E-state index contributed by atoms with van der Waals surface area (Å²) in [4.78, 5) is 26.1. The van der Waals surface area contributed by atoms with E-state index in [0.29, 0.717) is 12.1 Å². The van der Waals surface area contributed by atoms with E-state index in [2.05, 4.69) is 26.5 Å². The first-order valence-corrected chi connectivity index (χ1v) is 8.92. The van der Waals surface area contributed by atoms with Crippen molar-refractivity contribution in [2.24, 2.45) is 11.0 Å². The lowest BCUT2D eigenvalue weighted by Crippen LogP contribution is -2.30. The highest BCUT2D eigenvalue weighted by atomic mass is 79.9. The third-order valence-corrected chi connectivity index (χ3v) is 4.70. The minimum absolute atomic E-state index is 0.0628. The van der Waals surface area contributed by atoms with Gasteiger partial charge in [0.15, 0.2) is 0 Å². The fourth-order valence-corrected chi connectivity index (χ4v) is 3.12. The lowest BCUT2D eigenvalue weighted by molar-refractivity contribution is -0.126. The molecule has 1 aliphatic heterocycles. The zero-order valence-electron chi connectivity index (χ0n) is 14.1. The number of benzene rings is 2. The maximum atomic E-state index is 12.3. The maximum Gasteiger partial charge on any atom is 0.245 e. The molecular weight excluding hydrogens is 398 g/mol. The molecule has 2 aromatic carbocycles. The number of aryl methyl sites for hydroxylation is 1. The highest BCUT2D eigenvalue weighted by Gasteiger charge is 2.35. The summed E-state index contributed by atoms with van der Waals surface area (Å²) in [6, 6.07) is 12.5. The molecule has 6 nitrogen and oxygen atoms in total. The van der Waals surface area contributed by atoms with Crippen molar-refractivity contribution in [2.75, 3.05) is 11.4 Å². The number of carbonyl (C=O) groups is 2. The van der Waals surface area contributed by atoms with Crippen molar-refractivity contribution in [1.29, 1.82) is 0 Å². The van der Waals surface area contributed by atoms with E-state index in [1.54, 1.807) is 17.0 Å². The van der Waals surface area contributed by atoms with Gasteiger partial charge in [0.2, 0.25) is 11.8 Å². The average Bonchev–Trinajstić information content (AvgIpc) is 3.00. The van der Waals surface area contributed by atoms with Gasteiger partial charge in [-0.1, -0.05) is 33.6 Å². The molecule has 3 rings (SSSR count). The number of hydrogen-bond donors (Lipinski definition) is 2. The molecule has 0 saturated carbocycles. The Morgan fingerprint density at radius 3 is 2.77 bits per heavy atom. The zero-order chi connectivity index (χ0) is 18.7. The summed E-state index contributed by atoms with van der Waals surface area (Å²) < 4.78 is 0.790. The van der Waals surface area contributed by atoms with E-state index in [4.69, 9.17) is 0 Å². The Hall–Kier alpha value is -2.67. The van der Waals surface area contributed by atoms with E-state index in [9.17, 15) is 14.7 Å². The minimum atomic E-state index is -0.461. The van der Waals surface area contributed by atoms with Crippen molar-refractivity contribution < 1.29 is 14.7 Å². The van der Waals surface area contributed by atoms with Crippen LogP contribution in [0.5, 0.6) is 5.75 Å². The van der Waals surface area contributed by atoms with Crippen LogP contribution in [0.4, 0.5) is 5.69 Å². The largest absolute Gasteiger partial charge is 0.507 e. The van der Waals surface area contributed by atoms with Crippen LogP contribution in [0.15, 0.2) is 52.0 Å². The molecule has 0 spiro atoms. The Kier molecular flexibility index (Phi) is 5.37. The third-order valence-electron chi connectivity index (χ3n) is 4.21. The van der Waals surface area contributed by atoms with Crippen LogP contribution >= 0.6 is 15.9 Å². The molecule has 2 aromatic rings. The van der Waals surface area contributed by atoms with Gasteiger partial charge in [0, 0.05) is 28.7 Å². The highest BCUT2D eigenvalue weighted by molar-refractivity contribution is 9.10. The first-order valence-electron chi connectivity index (χ1n) is 8.12. The molecule has 134 valence electrons. The average molecular weight is 416 g/mol. The van der Waals surface area contributed by atoms with Crippen LogP contribution in [0.25, 0.3) is 0 Å². The molecule has 0 unspecified atom stereocenters. The van der Waals surface area contributed by atoms with Gasteiger partial charge >= 0.3 is 0 Å². The van der Waals surface area contributed by atoms with Gasteiger partial charge in [0.1, 0.15) is 5.75 Å². The van der Waals surface area contributed by atoms with Gasteiger partial charge in [-0.3, -0.25) is 9.59 Å². The second-order valence-electron chi connectivity index (χ2n) is 6.18. The molecule has 1 saturated heterocycles. The summed E-state index contributed by atoms with van der Waals surface area (Å²) in [7, 11) is 0. The monoisotopic (exact) mass is 415 g/mol. The number of amides is 2. The Labute approximate surface area is 159 Å². The Balaban J connectivity index is 1.62. The Morgan fingerprint density at radius 2 is 2.04 bits per heavy atom. The van der Waals surface area contributed by atoms with E-state index in [1.165, 1.54) is 12.3 Å². The van der Waals surface area contributed by atoms with Crippen molar-refractivity contribution in [3.63, 3.8) is 0 Å². The molecule has 0 aliphatic carbocycles. The number of phenols is 1. The SMILES string of the molecule is Cc1ccc(N2C[C@@H](C(=O)N/N=C/c3cc(Br)ccc3O)CC2=O)cc1. The van der Waals surface area contributed by atoms with Crippen LogP contribution in [-0.2, 0) is 9.59 Å². The van der Waals surface area contributed by atoms with Crippen LogP contribution in [0.1, 0.15) is 17.5 Å². The van der Waals surface area contributed by atoms with E-state index < -0.39 is 5.92 Å². The number of nitrogens with one attached hydrogen (secondary N) is 1. The number of halogens is 1. The molecule has 2 amide bonds. The van der Waals surface area contributed by atoms with Gasteiger partial charge in [-0.25, -0.2) is 5.43 Å². The van der Waals surface area contributed by atoms with Crippen molar-refractivity contribution >= 4 is 39.6 Å². The molecule has 2 N–H and O–H groups in total. The molecule has 0 aromatic heterocycles. The molecule has 1 aliphatic rings. The summed E-state index contributed by atoms with van der Waals surface area (Å²) in [6.07, 6.45) is 1.52. The van der Waals surface area contributed by atoms with Gasteiger partial charge < -0.3 is 10.0 Å². The number of hydrazone groups is 1. The first kappa shape index (κ1) is 18.1. The smallest absolute Gasteiger partial charge is 0.245 e. The molecule has 26 heavy (non-hydrogen) atoms. The molecule has 0 bridgehead atoms. The van der Waals surface area contributed by atoms with E-state index in [-0.39, 0.29) is 24.0 Å². The number of nitrogens with zero attached hydrogens (tertiary/aromatic N) is 2. The van der Waals surface area contributed by atoms with Crippen molar-refractivity contribution in [3.8, 4) is 5.75 Å². The Morgan fingerprint density at radius 1 is 1.31 bits per heavy atom. The summed E-state index contributed by atoms with van der Waals surface area (Å²) in [5.74, 6) is -0.800. The van der Waals surface area contributed by atoms with E-state index in [1.807, 2.05) is 31.2 Å². The molecular formula is C19H18BrN3O3. The predicted octanol–water partition coefficient (Wildman–Crippen LogP) is 2.97. The maximum absolute atomic E-state index is 12.3. The number of hydrogen-bond acceptors (Lipinski definition) is 4. The van der Waals surface area contributed by atoms with E-state index >= 15 is 0 Å². The second-order valence-corrected chi connectivity index (χ2v) is 7.09. The summed E-state index contributed by atoms with van der Waals surface area (Å²) in [6.45, 7) is 2.30. The van der Waals surface area contributed by atoms with Crippen LogP contribution < -0.4 is 10.3 Å². The van der Waals surface area contributed by atoms with Crippen LogP contribution in [0.2, 0.25) is 0 Å². The molecule has 1 fully saturated rings. The second kappa shape index (κ2) is 7.70. The number of carbonyl (C=O) groups excluding carboxylic acids is 2. The van der Waals surface area contributed by atoms with Crippen molar-refractivity contribution in [3.05, 3.63) is 58.1 Å². The summed E-state index contributed by atoms with van der Waals surface area (Å²) in [5, 5.41) is 13.6. The lowest BCUT2D eigenvalue weighted by atomic mass is 10.1. The molecule has 7 heteroatoms. The highest BCUT2D eigenvalue weighted by Crippen LogP contribution is 2.25. The number of aromatic hydroxyl groups is 1. The van der Waals surface area contributed by atoms with Gasteiger partial charge in [-0.2, -0.15) is 5.10 Å². The first-order chi connectivity index (χ1) is 12.4. The quantitative estimate of drug-likeness (QED) is 0.594. The zero-order valence-corrected chi connectivity index (χ0v) is 15.7. The summed E-state index contributed by atoms with van der Waals surface area (Å²) >= 11 is 3.31. The predicted molar refractivity (Wildman–Crippen MR) is 103 cm³/mol. The Bertz CT molecular complexity index is 865. The van der Waals surface area contributed by atoms with Crippen LogP contribution in [-0.4, -0.2) is 29.7 Å². The van der Waals surface area contributed by atoms with Crippen LogP contribution in [0, 0.1) is 12.8 Å². The topological polar surface area (TPSA) is 82.0 Å². The molecule has 0 radical (unpaired) electrons. The minimum Gasteiger partial charge on any atom is -0.507 e. The molecule has 1 atom stereocenters. The van der Waals surface area contributed by atoms with Gasteiger partial charge in [0.05, 0.1) is 12.1 Å². The third kappa shape index (κ3) is 4.11. The van der Waals surface area contributed by atoms with Gasteiger partial charge in [-0.15, -0.1) is 0 Å². The fraction of sp³-hybridized carbons (Fsp3) is 0.211. The van der Waals surface area contributed by atoms with E-state index in [0.717, 1.165) is 15.7 Å². The number of anilines is 1. The standard InChI is InChI=1S/C19H18BrN3O3/c1-12-2-5-16(6-3-12)23-11-14(9-18(23)25)19(26)22-21-10-13-8-15(20)4-7-17(13)24/h2-8,10,14,24H,9,11H2,1H3,(H,22,26)/b21-10+/t14-/m0/s1. The number of rotatable bonds is 4. The van der Waals surface area contributed by atoms with Crippen molar-refractivity contribution in [1.82, 2.24) is 5.43 Å². The molecule has 1 heterocycles. The summed E-state index contributed by atoms with van der Waals surface area (Å²) in [5.41, 5.74) is 4.82. The normalized spacial score (nSPS) is 17.1. The fourth-order valence-electron chi connectivity index (χ4n) is 2.74. The van der Waals surface area contributed by atoms with Gasteiger partial charge in [-0.05, 0) is 37.3 Å². The lowest BCUT2D eigenvalue weighted by Gasteiger charge is -2.16.